The van der Waals surface area contributed by atoms with Crippen molar-refractivity contribution in [3.63, 3.8) is 0 Å². The minimum absolute atomic E-state index is 0.229. The van der Waals surface area contributed by atoms with Gasteiger partial charge in [-0.3, -0.25) is 0 Å². The lowest BCUT2D eigenvalue weighted by Gasteiger charge is -2.43. The van der Waals surface area contributed by atoms with Gasteiger partial charge in [0, 0.05) is 12.0 Å². The van der Waals surface area contributed by atoms with Crippen LogP contribution >= 0.6 is 0 Å². The molecule has 0 aliphatic carbocycles. The largest absolute Gasteiger partial charge is 0.497 e. The Balaban J connectivity index is 1.72. The van der Waals surface area contributed by atoms with Gasteiger partial charge < -0.3 is 9.47 Å². The highest BCUT2D eigenvalue weighted by Gasteiger charge is 2.44. The Morgan fingerprint density at radius 3 is 2.61 bits per heavy atom. The number of hydrogen-bond donors (Lipinski definition) is 0. The van der Waals surface area contributed by atoms with E-state index in [9.17, 15) is 0 Å². The highest BCUT2D eigenvalue weighted by atomic mass is 16.5. The number of benzene rings is 2. The summed E-state index contributed by atoms with van der Waals surface area (Å²) in [5, 5.41) is 6.96. The second kappa shape index (κ2) is 5.01. The molecule has 4 nitrogen and oxygen atoms in total. The average Bonchev–Trinajstić information content (AvgIpc) is 3.01. The summed E-state index contributed by atoms with van der Waals surface area (Å²) >= 11 is 0. The van der Waals surface area contributed by atoms with E-state index in [1.165, 1.54) is 5.56 Å². The molecular weight excluding hydrogens is 288 g/mol. The SMILES string of the molecule is COc1ccc(C2=NN3[C@H](C2)c2ccccc2OC3(C)C)cc1. The summed E-state index contributed by atoms with van der Waals surface area (Å²) in [5.74, 6) is 1.82. The van der Waals surface area contributed by atoms with Gasteiger partial charge in [-0.2, -0.15) is 5.10 Å². The number of methoxy groups -OCH3 is 1. The Morgan fingerprint density at radius 1 is 1.13 bits per heavy atom. The zero-order chi connectivity index (χ0) is 16.0. The monoisotopic (exact) mass is 308 g/mol. The van der Waals surface area contributed by atoms with Gasteiger partial charge in [-0.15, -0.1) is 0 Å². The van der Waals surface area contributed by atoms with E-state index >= 15 is 0 Å². The van der Waals surface area contributed by atoms with Gasteiger partial charge in [-0.05, 0) is 49.7 Å². The van der Waals surface area contributed by atoms with Crippen LogP contribution in [0.1, 0.15) is 37.4 Å². The van der Waals surface area contributed by atoms with Crippen LogP contribution in [-0.2, 0) is 0 Å². The van der Waals surface area contributed by atoms with Crippen LogP contribution in [0.3, 0.4) is 0 Å². The molecule has 2 aliphatic heterocycles. The van der Waals surface area contributed by atoms with E-state index in [1.54, 1.807) is 7.11 Å². The van der Waals surface area contributed by atoms with E-state index in [0.717, 1.165) is 29.2 Å². The Labute approximate surface area is 136 Å². The van der Waals surface area contributed by atoms with Gasteiger partial charge in [0.2, 0.25) is 0 Å². The standard InChI is InChI=1S/C19H20N2O2/c1-19(2)21-17(15-6-4-5-7-18(15)23-19)12-16(20-21)13-8-10-14(22-3)11-9-13/h4-11,17H,12H2,1-3H3/t17-/m1/s1. The Kier molecular flexibility index (Phi) is 3.08. The number of para-hydroxylation sites is 1. The van der Waals surface area contributed by atoms with E-state index in [1.807, 2.05) is 24.3 Å². The molecule has 4 heteroatoms. The number of fused-ring (bicyclic) bond motifs is 3. The van der Waals surface area contributed by atoms with Gasteiger partial charge in [0.15, 0.2) is 5.72 Å². The smallest absolute Gasteiger partial charge is 0.192 e. The molecule has 2 aliphatic rings. The number of ether oxygens (including phenoxy) is 2. The Bertz CT molecular complexity index is 765. The number of hydrazone groups is 1. The first-order valence-corrected chi connectivity index (χ1v) is 7.88. The molecule has 0 fully saturated rings. The molecule has 0 radical (unpaired) electrons. The zero-order valence-electron chi connectivity index (χ0n) is 13.6. The fraction of sp³-hybridized carbons (Fsp3) is 0.316. The van der Waals surface area contributed by atoms with Gasteiger partial charge in [-0.1, -0.05) is 18.2 Å². The minimum atomic E-state index is -0.451. The quantitative estimate of drug-likeness (QED) is 0.841. The van der Waals surface area contributed by atoms with Crippen molar-refractivity contribution in [2.75, 3.05) is 7.11 Å². The molecule has 0 spiro atoms. The lowest BCUT2D eigenvalue weighted by molar-refractivity contribution is -0.0911. The van der Waals surface area contributed by atoms with E-state index in [2.05, 4.69) is 43.1 Å². The highest BCUT2D eigenvalue weighted by molar-refractivity contribution is 6.02. The topological polar surface area (TPSA) is 34.1 Å². The third-order valence-corrected chi connectivity index (χ3v) is 4.52. The number of hydrogen-bond acceptors (Lipinski definition) is 4. The third kappa shape index (κ3) is 2.25. The highest BCUT2D eigenvalue weighted by Crippen LogP contribution is 2.46. The Morgan fingerprint density at radius 2 is 1.87 bits per heavy atom. The molecule has 0 amide bonds. The third-order valence-electron chi connectivity index (χ3n) is 4.52. The van der Waals surface area contributed by atoms with Crippen molar-refractivity contribution in [2.45, 2.75) is 32.0 Å². The van der Waals surface area contributed by atoms with E-state index in [0.29, 0.717) is 0 Å². The van der Waals surface area contributed by atoms with Crippen LogP contribution in [-0.4, -0.2) is 23.6 Å². The van der Waals surface area contributed by atoms with Crippen LogP contribution in [0.5, 0.6) is 11.5 Å². The van der Waals surface area contributed by atoms with Crippen molar-refractivity contribution >= 4 is 5.71 Å². The van der Waals surface area contributed by atoms with Gasteiger partial charge in [0.05, 0.1) is 18.9 Å². The molecule has 0 saturated heterocycles. The molecule has 0 bridgehead atoms. The van der Waals surface area contributed by atoms with Crippen LogP contribution in [0.2, 0.25) is 0 Å². The summed E-state index contributed by atoms with van der Waals surface area (Å²) in [6.45, 7) is 4.13. The molecule has 2 aromatic carbocycles. The van der Waals surface area contributed by atoms with Crippen molar-refractivity contribution in [3.05, 3.63) is 59.7 Å². The average molecular weight is 308 g/mol. The molecule has 118 valence electrons. The summed E-state index contributed by atoms with van der Waals surface area (Å²) in [5.41, 5.74) is 2.98. The van der Waals surface area contributed by atoms with Crippen molar-refractivity contribution < 1.29 is 9.47 Å². The molecule has 1 atom stereocenters. The van der Waals surface area contributed by atoms with Crippen LogP contribution < -0.4 is 9.47 Å². The summed E-state index contributed by atoms with van der Waals surface area (Å²) < 4.78 is 11.4. The normalized spacial score (nSPS) is 21.1. The molecule has 2 aromatic rings. The number of nitrogens with zero attached hydrogens (tertiary/aromatic N) is 2. The van der Waals surface area contributed by atoms with Crippen molar-refractivity contribution in [3.8, 4) is 11.5 Å². The maximum atomic E-state index is 6.15. The molecule has 2 heterocycles. The van der Waals surface area contributed by atoms with Gasteiger partial charge in [-0.25, -0.2) is 5.01 Å². The first-order chi connectivity index (χ1) is 11.1. The second-order valence-corrected chi connectivity index (χ2v) is 6.43. The van der Waals surface area contributed by atoms with Crippen molar-refractivity contribution in [2.24, 2.45) is 5.10 Å². The first-order valence-electron chi connectivity index (χ1n) is 7.88. The summed E-state index contributed by atoms with van der Waals surface area (Å²) in [6, 6.07) is 16.6. The Hall–Kier alpha value is -2.49. The lowest BCUT2D eigenvalue weighted by Crippen LogP contribution is -2.48. The van der Waals surface area contributed by atoms with Crippen LogP contribution in [0.15, 0.2) is 53.6 Å². The minimum Gasteiger partial charge on any atom is -0.497 e. The van der Waals surface area contributed by atoms with Crippen molar-refractivity contribution in [1.82, 2.24) is 5.01 Å². The van der Waals surface area contributed by atoms with Crippen LogP contribution in [0.4, 0.5) is 0 Å². The van der Waals surface area contributed by atoms with E-state index in [4.69, 9.17) is 14.6 Å². The molecule has 0 N–H and O–H groups in total. The molecular formula is C19H20N2O2. The van der Waals surface area contributed by atoms with Crippen LogP contribution in [0, 0.1) is 0 Å². The predicted octanol–water partition coefficient (Wildman–Crippen LogP) is 3.97. The summed E-state index contributed by atoms with van der Waals surface area (Å²) in [4.78, 5) is 0. The lowest BCUT2D eigenvalue weighted by atomic mass is 9.95. The second-order valence-electron chi connectivity index (χ2n) is 6.43. The fourth-order valence-corrected chi connectivity index (χ4v) is 3.37. The summed E-state index contributed by atoms with van der Waals surface area (Å²) in [7, 11) is 1.68. The predicted molar refractivity (Wildman–Crippen MR) is 89.9 cm³/mol. The van der Waals surface area contributed by atoms with E-state index < -0.39 is 5.72 Å². The molecule has 4 rings (SSSR count). The first kappa shape index (κ1) is 14.1. The molecule has 23 heavy (non-hydrogen) atoms. The molecule has 0 unspecified atom stereocenters. The molecule has 0 aromatic heterocycles. The molecule has 0 saturated carbocycles. The van der Waals surface area contributed by atoms with Crippen molar-refractivity contribution in [1.29, 1.82) is 0 Å². The van der Waals surface area contributed by atoms with E-state index in [-0.39, 0.29) is 6.04 Å². The number of rotatable bonds is 2. The van der Waals surface area contributed by atoms with Gasteiger partial charge in [0.1, 0.15) is 11.5 Å². The fourth-order valence-electron chi connectivity index (χ4n) is 3.37. The zero-order valence-corrected chi connectivity index (χ0v) is 13.6. The van der Waals surface area contributed by atoms with Crippen LogP contribution in [0.25, 0.3) is 0 Å². The van der Waals surface area contributed by atoms with Gasteiger partial charge >= 0.3 is 0 Å². The maximum absolute atomic E-state index is 6.15. The van der Waals surface area contributed by atoms with Gasteiger partial charge in [0.25, 0.3) is 0 Å². The summed E-state index contributed by atoms with van der Waals surface area (Å²) in [6.07, 6.45) is 0.885. The maximum Gasteiger partial charge on any atom is 0.192 e.